The first-order valence-corrected chi connectivity index (χ1v) is 3.99. The Morgan fingerprint density at radius 3 is 2.50 bits per heavy atom. The summed E-state index contributed by atoms with van der Waals surface area (Å²) in [5.41, 5.74) is 1.32. The van der Waals surface area contributed by atoms with E-state index in [1.807, 2.05) is 12.1 Å². The van der Waals surface area contributed by atoms with Gasteiger partial charge in [-0.2, -0.15) is 0 Å². The Labute approximate surface area is 74.7 Å². The molecule has 66 valence electrons. The Bertz CT molecular complexity index is 199. The number of hydrogen-bond acceptors (Lipinski definition) is 1. The van der Waals surface area contributed by atoms with E-state index >= 15 is 0 Å². The van der Waals surface area contributed by atoms with Crippen LogP contribution in [-0.4, -0.2) is 7.11 Å². The second kappa shape index (κ2) is 6.47. The molecule has 0 unspecified atom stereocenters. The monoisotopic (exact) mass is 164 g/mol. The van der Waals surface area contributed by atoms with Crippen molar-refractivity contribution < 1.29 is 4.74 Å². The number of benzene rings is 1. The van der Waals surface area contributed by atoms with Gasteiger partial charge in [-0.05, 0) is 24.1 Å². The maximum atomic E-state index is 5.06. The minimum absolute atomic E-state index is 0.944. The predicted molar refractivity (Wildman–Crippen MR) is 53.6 cm³/mol. The summed E-state index contributed by atoms with van der Waals surface area (Å²) in [4.78, 5) is 0. The number of aryl methyl sites for hydroxylation is 1. The highest BCUT2D eigenvalue weighted by atomic mass is 16.5. The Morgan fingerprint density at radius 1 is 1.33 bits per heavy atom. The van der Waals surface area contributed by atoms with Gasteiger partial charge >= 0.3 is 0 Å². The molecule has 0 bridgehead atoms. The van der Waals surface area contributed by atoms with Crippen LogP contribution in [0.4, 0.5) is 0 Å². The summed E-state index contributed by atoms with van der Waals surface area (Å²) in [5.74, 6) is 0.944. The normalized spacial score (nSPS) is 8.17. The molecule has 0 N–H and O–H groups in total. The molecule has 0 heterocycles. The molecule has 1 aromatic rings. The van der Waals surface area contributed by atoms with Crippen molar-refractivity contribution in [2.24, 2.45) is 0 Å². The van der Waals surface area contributed by atoms with Gasteiger partial charge in [0.1, 0.15) is 5.75 Å². The van der Waals surface area contributed by atoms with Crippen LogP contribution in [0.2, 0.25) is 0 Å². The predicted octanol–water partition coefficient (Wildman–Crippen LogP) is 3.06. The zero-order valence-electron chi connectivity index (χ0n) is 7.84. The second-order valence-electron chi connectivity index (χ2n) is 2.21. The van der Waals surface area contributed by atoms with Crippen molar-refractivity contribution in [3.63, 3.8) is 0 Å². The minimum Gasteiger partial charge on any atom is -0.497 e. The molecule has 1 nitrogen and oxygen atoms in total. The van der Waals surface area contributed by atoms with Gasteiger partial charge in [-0.25, -0.2) is 0 Å². The quantitative estimate of drug-likeness (QED) is 0.610. The van der Waals surface area contributed by atoms with E-state index in [0.29, 0.717) is 0 Å². The summed E-state index contributed by atoms with van der Waals surface area (Å²) in [6.07, 6.45) is 1.07. The smallest absolute Gasteiger partial charge is 0.119 e. The first-order chi connectivity index (χ1) is 5.86. The van der Waals surface area contributed by atoms with Gasteiger partial charge in [0.15, 0.2) is 0 Å². The molecule has 1 rings (SSSR count). The van der Waals surface area contributed by atoms with Crippen molar-refractivity contribution in [1.82, 2.24) is 0 Å². The summed E-state index contributed by atoms with van der Waals surface area (Å²) in [5, 5.41) is 0. The van der Waals surface area contributed by atoms with Crippen LogP contribution in [0.5, 0.6) is 5.75 Å². The molecule has 1 aromatic carbocycles. The van der Waals surface area contributed by atoms with Crippen molar-refractivity contribution in [2.75, 3.05) is 7.11 Å². The summed E-state index contributed by atoms with van der Waals surface area (Å²) in [7, 11) is 1.69. The van der Waals surface area contributed by atoms with Crippen molar-refractivity contribution in [2.45, 2.75) is 13.3 Å². The fraction of sp³-hybridized carbons (Fsp3) is 0.273. The van der Waals surface area contributed by atoms with Crippen LogP contribution in [0.25, 0.3) is 0 Å². The number of ether oxygens (including phenoxy) is 1. The van der Waals surface area contributed by atoms with E-state index in [1.165, 1.54) is 5.56 Å². The Balaban J connectivity index is 0.000000561. The first-order valence-electron chi connectivity index (χ1n) is 3.99. The summed E-state index contributed by atoms with van der Waals surface area (Å²) >= 11 is 0. The zero-order chi connectivity index (χ0) is 9.40. The van der Waals surface area contributed by atoms with Gasteiger partial charge < -0.3 is 4.74 Å². The lowest BCUT2D eigenvalue weighted by Gasteiger charge is -2.00. The minimum atomic E-state index is 0.944. The van der Waals surface area contributed by atoms with Gasteiger partial charge in [0.2, 0.25) is 0 Å². The molecular formula is C11H16O. The number of methoxy groups -OCH3 is 1. The van der Waals surface area contributed by atoms with E-state index in [2.05, 4.69) is 32.2 Å². The fourth-order valence-electron chi connectivity index (χ4n) is 0.892. The topological polar surface area (TPSA) is 9.23 Å². The molecular weight excluding hydrogens is 148 g/mol. The Morgan fingerprint density at radius 2 is 2.00 bits per heavy atom. The van der Waals surface area contributed by atoms with Gasteiger partial charge in [0.25, 0.3) is 0 Å². The third-order valence-corrected chi connectivity index (χ3v) is 1.54. The van der Waals surface area contributed by atoms with Crippen LogP contribution in [-0.2, 0) is 6.42 Å². The maximum absolute atomic E-state index is 5.06. The van der Waals surface area contributed by atoms with Crippen molar-refractivity contribution in [1.29, 1.82) is 0 Å². The highest BCUT2D eigenvalue weighted by Gasteiger charge is 1.90. The van der Waals surface area contributed by atoms with Crippen LogP contribution >= 0.6 is 0 Å². The highest BCUT2D eigenvalue weighted by molar-refractivity contribution is 5.28. The highest BCUT2D eigenvalue weighted by Crippen LogP contribution is 2.12. The third kappa shape index (κ3) is 3.24. The SMILES string of the molecule is C=C.CCc1cccc(OC)c1. The molecule has 0 aliphatic rings. The van der Waals surface area contributed by atoms with Gasteiger partial charge in [-0.3, -0.25) is 0 Å². The van der Waals surface area contributed by atoms with Crippen molar-refractivity contribution in [3.05, 3.63) is 43.0 Å². The molecule has 12 heavy (non-hydrogen) atoms. The largest absolute Gasteiger partial charge is 0.497 e. The van der Waals surface area contributed by atoms with Gasteiger partial charge in [0, 0.05) is 0 Å². The zero-order valence-corrected chi connectivity index (χ0v) is 7.84. The lowest BCUT2D eigenvalue weighted by Crippen LogP contribution is -1.84. The molecule has 0 atom stereocenters. The molecule has 0 saturated heterocycles. The molecule has 0 radical (unpaired) electrons. The summed E-state index contributed by atoms with van der Waals surface area (Å²) < 4.78 is 5.06. The van der Waals surface area contributed by atoms with Crippen LogP contribution in [0, 0.1) is 0 Å². The van der Waals surface area contributed by atoms with Gasteiger partial charge in [-0.15, -0.1) is 13.2 Å². The molecule has 0 aliphatic carbocycles. The molecule has 0 amide bonds. The van der Waals surface area contributed by atoms with E-state index in [9.17, 15) is 0 Å². The molecule has 0 aliphatic heterocycles. The van der Waals surface area contributed by atoms with Crippen LogP contribution < -0.4 is 4.74 Å². The molecule has 0 saturated carbocycles. The molecule has 1 heteroatoms. The van der Waals surface area contributed by atoms with E-state index in [4.69, 9.17) is 4.74 Å². The standard InChI is InChI=1S/C9H12O.C2H4/c1-3-8-5-4-6-9(7-8)10-2;1-2/h4-7H,3H2,1-2H3;1-2H2. The van der Waals surface area contributed by atoms with E-state index in [1.54, 1.807) is 7.11 Å². The maximum Gasteiger partial charge on any atom is 0.119 e. The second-order valence-corrected chi connectivity index (χ2v) is 2.21. The lowest BCUT2D eigenvalue weighted by molar-refractivity contribution is 0.414. The summed E-state index contributed by atoms with van der Waals surface area (Å²) in [6, 6.07) is 8.12. The van der Waals surface area contributed by atoms with Crippen LogP contribution in [0.3, 0.4) is 0 Å². The van der Waals surface area contributed by atoms with E-state index in [0.717, 1.165) is 12.2 Å². The Hall–Kier alpha value is -1.24. The first kappa shape index (κ1) is 10.8. The van der Waals surface area contributed by atoms with Crippen molar-refractivity contribution in [3.8, 4) is 5.75 Å². The average molecular weight is 164 g/mol. The third-order valence-electron chi connectivity index (χ3n) is 1.54. The summed E-state index contributed by atoms with van der Waals surface area (Å²) in [6.45, 7) is 8.13. The average Bonchev–Trinajstić information content (AvgIpc) is 2.21. The molecule has 0 spiro atoms. The van der Waals surface area contributed by atoms with E-state index in [-0.39, 0.29) is 0 Å². The van der Waals surface area contributed by atoms with Crippen LogP contribution in [0.1, 0.15) is 12.5 Å². The Kier molecular flexibility index (Phi) is 5.80. The van der Waals surface area contributed by atoms with E-state index < -0.39 is 0 Å². The number of hydrogen-bond donors (Lipinski definition) is 0. The molecule has 0 aromatic heterocycles. The number of rotatable bonds is 2. The molecule has 0 fully saturated rings. The van der Waals surface area contributed by atoms with Crippen molar-refractivity contribution >= 4 is 0 Å². The van der Waals surface area contributed by atoms with Crippen LogP contribution in [0.15, 0.2) is 37.4 Å². The van der Waals surface area contributed by atoms with Gasteiger partial charge in [-0.1, -0.05) is 19.1 Å². The fourth-order valence-corrected chi connectivity index (χ4v) is 0.892. The lowest BCUT2D eigenvalue weighted by atomic mass is 10.2. The van der Waals surface area contributed by atoms with Gasteiger partial charge in [0.05, 0.1) is 7.11 Å².